The molecule has 20 heavy (non-hydrogen) atoms. The van der Waals surface area contributed by atoms with Crippen molar-refractivity contribution in [2.45, 2.75) is 58.9 Å². The van der Waals surface area contributed by atoms with Crippen molar-refractivity contribution in [1.82, 2.24) is 15.5 Å². The van der Waals surface area contributed by atoms with Crippen LogP contribution in [0, 0.1) is 5.92 Å². The lowest BCUT2D eigenvalue weighted by Crippen LogP contribution is -2.55. The van der Waals surface area contributed by atoms with Gasteiger partial charge in [0.15, 0.2) is 5.82 Å². The summed E-state index contributed by atoms with van der Waals surface area (Å²) in [6, 6.07) is 0. The number of aromatic nitrogens is 2. The van der Waals surface area contributed by atoms with Crippen LogP contribution in [0.1, 0.15) is 58.7 Å². The third-order valence-corrected chi connectivity index (χ3v) is 3.69. The molecule has 0 aliphatic carbocycles. The van der Waals surface area contributed by atoms with Crippen LogP contribution in [0.15, 0.2) is 4.52 Å². The zero-order chi connectivity index (χ0) is 15.3. The lowest BCUT2D eigenvalue weighted by atomic mass is 9.88. The molecule has 6 nitrogen and oxygen atoms in total. The fourth-order valence-corrected chi connectivity index (χ4v) is 1.64. The molecule has 0 fully saturated rings. The van der Waals surface area contributed by atoms with Gasteiger partial charge in [0.2, 0.25) is 11.8 Å². The molecule has 0 aliphatic heterocycles. The van der Waals surface area contributed by atoms with Crippen LogP contribution in [0.5, 0.6) is 0 Å². The van der Waals surface area contributed by atoms with Gasteiger partial charge in [0.25, 0.3) is 0 Å². The molecule has 0 saturated heterocycles. The van der Waals surface area contributed by atoms with Crippen LogP contribution >= 0.6 is 0 Å². The van der Waals surface area contributed by atoms with Crippen molar-refractivity contribution >= 4 is 5.91 Å². The van der Waals surface area contributed by atoms with E-state index in [1.165, 1.54) is 0 Å². The van der Waals surface area contributed by atoms with Crippen molar-refractivity contribution in [2.24, 2.45) is 11.7 Å². The van der Waals surface area contributed by atoms with E-state index in [2.05, 4.69) is 15.5 Å². The van der Waals surface area contributed by atoms with Crippen molar-refractivity contribution in [3.63, 3.8) is 0 Å². The Labute approximate surface area is 120 Å². The van der Waals surface area contributed by atoms with Crippen LogP contribution in [0.25, 0.3) is 0 Å². The standard InChI is InChI=1S/C14H26N4O2/c1-9(2)13-16-12(20-18-13)7-6-11(19)17-14(5,8-15)10(3)4/h9-10H,6-8,15H2,1-5H3,(H,17,19). The van der Waals surface area contributed by atoms with E-state index in [0.29, 0.717) is 31.1 Å². The van der Waals surface area contributed by atoms with Gasteiger partial charge in [-0.2, -0.15) is 4.98 Å². The first-order valence-corrected chi connectivity index (χ1v) is 7.12. The van der Waals surface area contributed by atoms with Gasteiger partial charge < -0.3 is 15.6 Å². The Hall–Kier alpha value is -1.43. The SMILES string of the molecule is CC(C)c1noc(CCC(=O)NC(C)(CN)C(C)C)n1. The number of nitrogens with two attached hydrogens (primary N) is 1. The van der Waals surface area contributed by atoms with Gasteiger partial charge in [0.1, 0.15) is 0 Å². The van der Waals surface area contributed by atoms with Gasteiger partial charge in [-0.05, 0) is 12.8 Å². The average Bonchev–Trinajstić information content (AvgIpc) is 2.85. The van der Waals surface area contributed by atoms with E-state index >= 15 is 0 Å². The molecular weight excluding hydrogens is 256 g/mol. The second-order valence-corrected chi connectivity index (χ2v) is 6.03. The van der Waals surface area contributed by atoms with E-state index in [1.807, 2.05) is 34.6 Å². The second-order valence-electron chi connectivity index (χ2n) is 6.03. The van der Waals surface area contributed by atoms with Crippen LogP contribution in [0.2, 0.25) is 0 Å². The summed E-state index contributed by atoms with van der Waals surface area (Å²) in [7, 11) is 0. The zero-order valence-corrected chi connectivity index (χ0v) is 13.1. The highest BCUT2D eigenvalue weighted by Crippen LogP contribution is 2.15. The highest BCUT2D eigenvalue weighted by atomic mass is 16.5. The molecule has 0 spiro atoms. The van der Waals surface area contributed by atoms with Crippen molar-refractivity contribution in [1.29, 1.82) is 0 Å². The zero-order valence-electron chi connectivity index (χ0n) is 13.1. The van der Waals surface area contributed by atoms with Crippen LogP contribution < -0.4 is 11.1 Å². The fraction of sp³-hybridized carbons (Fsp3) is 0.786. The first kappa shape index (κ1) is 16.6. The summed E-state index contributed by atoms with van der Waals surface area (Å²) >= 11 is 0. The number of carbonyl (C=O) groups excluding carboxylic acids is 1. The molecule has 0 bridgehead atoms. The Morgan fingerprint density at radius 1 is 1.40 bits per heavy atom. The Balaban J connectivity index is 2.50. The molecule has 0 saturated carbocycles. The number of nitrogens with one attached hydrogen (secondary N) is 1. The van der Waals surface area contributed by atoms with E-state index in [1.54, 1.807) is 0 Å². The summed E-state index contributed by atoms with van der Waals surface area (Å²) in [6.07, 6.45) is 0.770. The number of rotatable bonds is 7. The molecule has 0 aliphatic rings. The largest absolute Gasteiger partial charge is 0.349 e. The normalized spacial score (nSPS) is 14.6. The molecule has 0 aromatic carbocycles. The molecule has 114 valence electrons. The number of nitrogens with zero attached hydrogens (tertiary/aromatic N) is 2. The van der Waals surface area contributed by atoms with Crippen LogP contribution in [0.4, 0.5) is 0 Å². The smallest absolute Gasteiger partial charge is 0.227 e. The van der Waals surface area contributed by atoms with Crippen molar-refractivity contribution in [3.8, 4) is 0 Å². The number of carbonyl (C=O) groups is 1. The Morgan fingerprint density at radius 2 is 2.05 bits per heavy atom. The summed E-state index contributed by atoms with van der Waals surface area (Å²) in [5, 5.41) is 6.86. The van der Waals surface area contributed by atoms with E-state index in [0.717, 1.165) is 0 Å². The summed E-state index contributed by atoms with van der Waals surface area (Å²) < 4.78 is 5.11. The van der Waals surface area contributed by atoms with Gasteiger partial charge in [-0.25, -0.2) is 0 Å². The van der Waals surface area contributed by atoms with E-state index in [9.17, 15) is 4.79 Å². The summed E-state index contributed by atoms with van der Waals surface area (Å²) in [4.78, 5) is 16.2. The highest BCUT2D eigenvalue weighted by molar-refractivity contribution is 5.77. The lowest BCUT2D eigenvalue weighted by Gasteiger charge is -2.33. The molecule has 1 aromatic rings. The Morgan fingerprint density at radius 3 is 2.50 bits per heavy atom. The van der Waals surface area contributed by atoms with Gasteiger partial charge in [-0.15, -0.1) is 0 Å². The van der Waals surface area contributed by atoms with Crippen molar-refractivity contribution in [2.75, 3.05) is 6.54 Å². The molecule has 0 radical (unpaired) electrons. The van der Waals surface area contributed by atoms with Gasteiger partial charge in [-0.1, -0.05) is 32.9 Å². The average molecular weight is 282 g/mol. The van der Waals surface area contributed by atoms with Gasteiger partial charge >= 0.3 is 0 Å². The minimum absolute atomic E-state index is 0.0454. The van der Waals surface area contributed by atoms with E-state index < -0.39 is 0 Å². The fourth-order valence-electron chi connectivity index (χ4n) is 1.64. The minimum Gasteiger partial charge on any atom is -0.349 e. The maximum Gasteiger partial charge on any atom is 0.227 e. The third kappa shape index (κ3) is 4.30. The predicted molar refractivity (Wildman–Crippen MR) is 77.1 cm³/mol. The lowest BCUT2D eigenvalue weighted by molar-refractivity contribution is -0.123. The predicted octanol–water partition coefficient (Wildman–Crippen LogP) is 1.62. The van der Waals surface area contributed by atoms with E-state index in [-0.39, 0.29) is 23.3 Å². The van der Waals surface area contributed by atoms with Crippen LogP contribution in [-0.4, -0.2) is 28.1 Å². The topological polar surface area (TPSA) is 94.0 Å². The molecule has 1 atom stereocenters. The van der Waals surface area contributed by atoms with Gasteiger partial charge in [-0.3, -0.25) is 4.79 Å². The van der Waals surface area contributed by atoms with Crippen molar-refractivity contribution < 1.29 is 9.32 Å². The van der Waals surface area contributed by atoms with Crippen LogP contribution in [0.3, 0.4) is 0 Å². The maximum absolute atomic E-state index is 12.0. The molecule has 3 N–H and O–H groups in total. The molecular formula is C14H26N4O2. The molecule has 1 rings (SSSR count). The number of hydrogen-bond acceptors (Lipinski definition) is 5. The Kier molecular flexibility index (Phi) is 5.68. The monoisotopic (exact) mass is 282 g/mol. The number of aryl methyl sites for hydroxylation is 1. The van der Waals surface area contributed by atoms with Gasteiger partial charge in [0.05, 0.1) is 5.54 Å². The van der Waals surface area contributed by atoms with E-state index in [4.69, 9.17) is 10.3 Å². The first-order chi connectivity index (χ1) is 9.28. The van der Waals surface area contributed by atoms with Crippen molar-refractivity contribution in [3.05, 3.63) is 11.7 Å². The molecule has 1 heterocycles. The molecule has 1 unspecified atom stereocenters. The highest BCUT2D eigenvalue weighted by Gasteiger charge is 2.28. The minimum atomic E-state index is -0.380. The maximum atomic E-state index is 12.0. The third-order valence-electron chi connectivity index (χ3n) is 3.69. The molecule has 6 heteroatoms. The second kappa shape index (κ2) is 6.83. The number of hydrogen-bond donors (Lipinski definition) is 2. The Bertz CT molecular complexity index is 442. The summed E-state index contributed by atoms with van der Waals surface area (Å²) in [5.74, 6) is 1.63. The summed E-state index contributed by atoms with van der Waals surface area (Å²) in [5.41, 5.74) is 5.36. The quantitative estimate of drug-likeness (QED) is 0.792. The first-order valence-electron chi connectivity index (χ1n) is 7.12. The van der Waals surface area contributed by atoms with Crippen LogP contribution in [-0.2, 0) is 11.2 Å². The number of amides is 1. The molecule has 1 amide bonds. The van der Waals surface area contributed by atoms with Gasteiger partial charge in [0, 0.05) is 25.3 Å². The molecule has 1 aromatic heterocycles. The summed E-state index contributed by atoms with van der Waals surface area (Å²) in [6.45, 7) is 10.4.